The molecule has 0 aromatic heterocycles. The third-order valence-electron chi connectivity index (χ3n) is 4.16. The van der Waals surface area contributed by atoms with Gasteiger partial charge >= 0.3 is 0 Å². The zero-order valence-corrected chi connectivity index (χ0v) is 14.7. The first-order valence-corrected chi connectivity index (χ1v) is 9.53. The smallest absolute Gasteiger partial charge is 0.185 e. The average Bonchev–Trinajstić information content (AvgIpc) is 2.50. The highest BCUT2D eigenvalue weighted by atomic mass is 15.0. The minimum atomic E-state index is 0.218. The number of nitrogens with zero attached hydrogens (tertiary/aromatic N) is 1. The molecule has 0 aromatic carbocycles. The fourth-order valence-electron chi connectivity index (χ4n) is 2.76. The second kappa shape index (κ2) is 18.3. The van der Waals surface area contributed by atoms with Crippen molar-refractivity contribution in [3.8, 4) is 0 Å². The molecule has 6 N–H and O–H groups in total. The summed E-state index contributed by atoms with van der Waals surface area (Å²) in [6.07, 6.45) is 20.3. The lowest BCUT2D eigenvalue weighted by Crippen LogP contribution is -2.22. The maximum Gasteiger partial charge on any atom is 0.185 e. The van der Waals surface area contributed by atoms with Gasteiger partial charge in [0.25, 0.3) is 0 Å². The van der Waals surface area contributed by atoms with E-state index in [4.69, 9.17) is 17.2 Å². The lowest BCUT2D eigenvalue weighted by Gasteiger charge is -2.03. The quantitative estimate of drug-likeness (QED) is 0.215. The SMILES string of the molecule is NCCCCCCCCCCCCCCCCCN=C(N)N. The first-order valence-electron chi connectivity index (χ1n) is 9.53. The third-order valence-corrected chi connectivity index (χ3v) is 4.16. The first-order chi connectivity index (χ1) is 10.8. The maximum atomic E-state index is 5.49. The van der Waals surface area contributed by atoms with Gasteiger partial charge < -0.3 is 17.2 Å². The summed E-state index contributed by atoms with van der Waals surface area (Å²) in [5.41, 5.74) is 16.0. The number of hydrogen-bond donors (Lipinski definition) is 3. The molecule has 0 aliphatic rings. The van der Waals surface area contributed by atoms with Crippen molar-refractivity contribution in [1.82, 2.24) is 0 Å². The van der Waals surface area contributed by atoms with Crippen molar-refractivity contribution in [2.24, 2.45) is 22.2 Å². The molecule has 0 aromatic rings. The summed E-state index contributed by atoms with van der Waals surface area (Å²) < 4.78 is 0. The molecule has 0 unspecified atom stereocenters. The fourth-order valence-corrected chi connectivity index (χ4v) is 2.76. The van der Waals surface area contributed by atoms with E-state index < -0.39 is 0 Å². The summed E-state index contributed by atoms with van der Waals surface area (Å²) in [7, 11) is 0. The summed E-state index contributed by atoms with van der Waals surface area (Å²) in [6, 6.07) is 0. The van der Waals surface area contributed by atoms with Crippen LogP contribution in [0.25, 0.3) is 0 Å². The van der Waals surface area contributed by atoms with E-state index in [0.717, 1.165) is 19.5 Å². The first kappa shape index (κ1) is 21.2. The molecule has 0 aliphatic heterocycles. The number of guanidine groups is 1. The van der Waals surface area contributed by atoms with Gasteiger partial charge in [-0.05, 0) is 19.4 Å². The van der Waals surface area contributed by atoms with Crippen molar-refractivity contribution in [3.63, 3.8) is 0 Å². The second-order valence-electron chi connectivity index (χ2n) is 6.40. The molecule has 0 amide bonds. The molecule has 0 radical (unpaired) electrons. The molecule has 0 bridgehead atoms. The number of aliphatic imine (C=N–C) groups is 1. The Morgan fingerprint density at radius 3 is 1.14 bits per heavy atom. The molecule has 0 rings (SSSR count). The molecule has 0 fully saturated rings. The predicted molar refractivity (Wildman–Crippen MR) is 99.0 cm³/mol. The molecule has 22 heavy (non-hydrogen) atoms. The minimum Gasteiger partial charge on any atom is -0.370 e. The normalized spacial score (nSPS) is 10.8. The molecule has 0 spiro atoms. The van der Waals surface area contributed by atoms with Gasteiger partial charge in [-0.1, -0.05) is 83.5 Å². The van der Waals surface area contributed by atoms with Gasteiger partial charge in [-0.3, -0.25) is 4.99 Å². The van der Waals surface area contributed by atoms with Crippen LogP contribution in [0.1, 0.15) is 96.3 Å². The summed E-state index contributed by atoms with van der Waals surface area (Å²) in [5, 5.41) is 0. The monoisotopic (exact) mass is 312 g/mol. The van der Waals surface area contributed by atoms with Gasteiger partial charge in [0.1, 0.15) is 0 Å². The summed E-state index contributed by atoms with van der Waals surface area (Å²) in [4.78, 5) is 3.99. The highest BCUT2D eigenvalue weighted by molar-refractivity contribution is 5.75. The van der Waals surface area contributed by atoms with E-state index in [1.54, 1.807) is 0 Å². The van der Waals surface area contributed by atoms with Crippen molar-refractivity contribution < 1.29 is 0 Å². The predicted octanol–water partition coefficient (Wildman–Crippen LogP) is 4.07. The van der Waals surface area contributed by atoms with Gasteiger partial charge in [-0.2, -0.15) is 0 Å². The maximum absolute atomic E-state index is 5.49. The van der Waals surface area contributed by atoms with Gasteiger partial charge in [0.05, 0.1) is 0 Å². The molecule has 0 aliphatic carbocycles. The highest BCUT2D eigenvalue weighted by Gasteiger charge is 1.94. The van der Waals surface area contributed by atoms with Gasteiger partial charge in [0.15, 0.2) is 5.96 Å². The molecule has 4 heteroatoms. The molecule has 132 valence electrons. The molecular formula is C18H40N4. The Bertz CT molecular complexity index is 237. The third kappa shape index (κ3) is 19.2. The highest BCUT2D eigenvalue weighted by Crippen LogP contribution is 2.13. The van der Waals surface area contributed by atoms with E-state index in [9.17, 15) is 0 Å². The van der Waals surface area contributed by atoms with Crippen molar-refractivity contribution in [1.29, 1.82) is 0 Å². The van der Waals surface area contributed by atoms with Crippen LogP contribution in [-0.4, -0.2) is 19.0 Å². The van der Waals surface area contributed by atoms with Crippen LogP contribution < -0.4 is 17.2 Å². The van der Waals surface area contributed by atoms with E-state index in [-0.39, 0.29) is 5.96 Å². The summed E-state index contributed by atoms with van der Waals surface area (Å²) in [5.74, 6) is 0.218. The average molecular weight is 313 g/mol. The van der Waals surface area contributed by atoms with Crippen molar-refractivity contribution in [2.45, 2.75) is 96.3 Å². The van der Waals surface area contributed by atoms with E-state index in [0.29, 0.717) is 0 Å². The summed E-state index contributed by atoms with van der Waals surface area (Å²) in [6.45, 7) is 1.64. The zero-order valence-electron chi connectivity index (χ0n) is 14.7. The summed E-state index contributed by atoms with van der Waals surface area (Å²) >= 11 is 0. The van der Waals surface area contributed by atoms with Crippen LogP contribution in [-0.2, 0) is 0 Å². The van der Waals surface area contributed by atoms with Gasteiger partial charge in [0.2, 0.25) is 0 Å². The Kier molecular flexibility index (Phi) is 17.6. The van der Waals surface area contributed by atoms with E-state index in [2.05, 4.69) is 4.99 Å². The minimum absolute atomic E-state index is 0.218. The molecule has 0 heterocycles. The van der Waals surface area contributed by atoms with Crippen LogP contribution in [0.5, 0.6) is 0 Å². The Balaban J connectivity index is 2.98. The van der Waals surface area contributed by atoms with E-state index in [1.807, 2.05) is 0 Å². The Morgan fingerprint density at radius 2 is 0.818 bits per heavy atom. The van der Waals surface area contributed by atoms with Crippen LogP contribution in [0.4, 0.5) is 0 Å². The molecule has 0 atom stereocenters. The number of unbranched alkanes of at least 4 members (excludes halogenated alkanes) is 14. The standard InChI is InChI=1S/C18H40N4/c19-16-14-12-10-8-6-4-2-1-3-5-7-9-11-13-15-17-22-18(20)21/h1-17,19H2,(H4,20,21,22). The van der Waals surface area contributed by atoms with Crippen LogP contribution in [0, 0.1) is 0 Å². The van der Waals surface area contributed by atoms with Crippen LogP contribution in [0.15, 0.2) is 4.99 Å². The van der Waals surface area contributed by atoms with Crippen LogP contribution in [0.3, 0.4) is 0 Å². The van der Waals surface area contributed by atoms with E-state index >= 15 is 0 Å². The molecule has 0 saturated heterocycles. The van der Waals surface area contributed by atoms with Crippen molar-refractivity contribution >= 4 is 5.96 Å². The van der Waals surface area contributed by atoms with Gasteiger partial charge in [-0.25, -0.2) is 0 Å². The van der Waals surface area contributed by atoms with Crippen molar-refractivity contribution in [2.75, 3.05) is 13.1 Å². The fraction of sp³-hybridized carbons (Fsp3) is 0.944. The molecule has 0 saturated carbocycles. The van der Waals surface area contributed by atoms with Crippen LogP contribution in [0.2, 0.25) is 0 Å². The largest absolute Gasteiger partial charge is 0.370 e. The van der Waals surface area contributed by atoms with Gasteiger partial charge in [0, 0.05) is 6.54 Å². The lowest BCUT2D eigenvalue weighted by molar-refractivity contribution is 0.531. The Labute approximate surface area is 138 Å². The molecular weight excluding hydrogens is 272 g/mol. The molecule has 4 nitrogen and oxygen atoms in total. The van der Waals surface area contributed by atoms with Crippen molar-refractivity contribution in [3.05, 3.63) is 0 Å². The van der Waals surface area contributed by atoms with E-state index in [1.165, 1.54) is 89.9 Å². The number of nitrogens with two attached hydrogens (primary N) is 3. The number of hydrogen-bond acceptors (Lipinski definition) is 2. The Hall–Kier alpha value is -0.770. The van der Waals surface area contributed by atoms with Gasteiger partial charge in [-0.15, -0.1) is 0 Å². The number of rotatable bonds is 17. The topological polar surface area (TPSA) is 90.4 Å². The Morgan fingerprint density at radius 1 is 0.500 bits per heavy atom. The van der Waals surface area contributed by atoms with Crippen LogP contribution >= 0.6 is 0 Å². The zero-order chi connectivity index (χ0) is 16.3. The second-order valence-corrected chi connectivity index (χ2v) is 6.40. The lowest BCUT2D eigenvalue weighted by atomic mass is 10.0.